The quantitative estimate of drug-likeness (QED) is 0.335. The van der Waals surface area contributed by atoms with Crippen LogP contribution in [0.1, 0.15) is 40.6 Å². The predicted octanol–water partition coefficient (Wildman–Crippen LogP) is 6.94. The fourth-order valence-corrected chi connectivity index (χ4v) is 7.25. The number of anilines is 1. The fourth-order valence-electron chi connectivity index (χ4n) is 3.09. The molecule has 0 radical (unpaired) electrons. The van der Waals surface area contributed by atoms with Gasteiger partial charge in [-0.2, -0.15) is 0 Å². The highest BCUT2D eigenvalue weighted by molar-refractivity contribution is 8.55. The minimum absolute atomic E-state index is 0.206. The van der Waals surface area contributed by atoms with Crippen LogP contribution in [0.3, 0.4) is 0 Å². The van der Waals surface area contributed by atoms with Gasteiger partial charge in [-0.3, -0.25) is 4.79 Å². The van der Waals surface area contributed by atoms with Crippen LogP contribution in [0.15, 0.2) is 84.9 Å². The Kier molecular flexibility index (Phi) is 8.50. The van der Waals surface area contributed by atoms with E-state index in [9.17, 15) is 9.36 Å². The van der Waals surface area contributed by atoms with E-state index in [0.29, 0.717) is 11.3 Å². The molecule has 0 heterocycles. The molecule has 162 valence electrons. The van der Waals surface area contributed by atoms with Gasteiger partial charge in [0.15, 0.2) is 0 Å². The summed E-state index contributed by atoms with van der Waals surface area (Å²) in [5.74, 6) is -0.206. The van der Waals surface area contributed by atoms with Crippen molar-refractivity contribution in [2.24, 2.45) is 0 Å². The van der Waals surface area contributed by atoms with E-state index in [-0.39, 0.29) is 24.4 Å². The van der Waals surface area contributed by atoms with Crippen LogP contribution in [0.2, 0.25) is 0 Å². The maximum absolute atomic E-state index is 13.4. The zero-order valence-electron chi connectivity index (χ0n) is 17.6. The molecule has 0 aliphatic rings. The number of nitrogens with one attached hydrogen (secondary N) is 1. The standard InChI is InChI=1S/C24H26NO4PS/c1-3-28-30(27,29-4-2)31-23(19-13-7-5-8-14-19)21-17-11-12-18-22(21)25-24(26)20-15-9-6-10-16-20/h5-18,23H,3-4H2,1-2H3,(H,25,26). The van der Waals surface area contributed by atoms with Gasteiger partial charge >= 0.3 is 6.80 Å². The zero-order valence-corrected chi connectivity index (χ0v) is 19.3. The maximum Gasteiger partial charge on any atom is 0.390 e. The SMILES string of the molecule is CCOP(=O)(OCC)SC(c1ccccc1)c1ccccc1NC(=O)c1ccccc1. The van der Waals surface area contributed by atoms with Gasteiger partial charge in [-0.1, -0.05) is 66.7 Å². The van der Waals surface area contributed by atoms with Gasteiger partial charge in [0.1, 0.15) is 0 Å². The highest BCUT2D eigenvalue weighted by Crippen LogP contribution is 2.67. The summed E-state index contributed by atoms with van der Waals surface area (Å²) in [7, 11) is 0. The Morgan fingerprint density at radius 2 is 1.42 bits per heavy atom. The molecule has 0 aliphatic heterocycles. The third kappa shape index (κ3) is 6.31. The Hall–Kier alpha value is -2.37. The monoisotopic (exact) mass is 455 g/mol. The van der Waals surface area contributed by atoms with E-state index in [4.69, 9.17) is 9.05 Å². The maximum atomic E-state index is 13.4. The zero-order chi connectivity index (χ0) is 22.1. The molecule has 3 aromatic rings. The fraction of sp³-hybridized carbons (Fsp3) is 0.208. The second-order valence-corrected chi connectivity index (χ2v) is 10.7. The lowest BCUT2D eigenvalue weighted by molar-refractivity contribution is 0.102. The topological polar surface area (TPSA) is 64.6 Å². The number of amides is 1. The van der Waals surface area contributed by atoms with Gasteiger partial charge in [-0.05, 0) is 54.6 Å². The Balaban J connectivity index is 2.00. The predicted molar refractivity (Wildman–Crippen MR) is 128 cm³/mol. The lowest BCUT2D eigenvalue weighted by Gasteiger charge is -2.25. The van der Waals surface area contributed by atoms with E-state index in [1.165, 1.54) is 0 Å². The Labute approximate surface area is 187 Å². The van der Waals surface area contributed by atoms with Crippen molar-refractivity contribution < 1.29 is 18.4 Å². The molecule has 0 bridgehead atoms. The molecule has 0 saturated carbocycles. The van der Waals surface area contributed by atoms with Gasteiger partial charge in [0, 0.05) is 11.3 Å². The number of rotatable bonds is 10. The van der Waals surface area contributed by atoms with Gasteiger partial charge in [-0.25, -0.2) is 4.57 Å². The van der Waals surface area contributed by atoms with Crippen LogP contribution in [-0.4, -0.2) is 19.1 Å². The third-order valence-corrected chi connectivity index (χ3v) is 8.62. The normalized spacial score (nSPS) is 12.3. The summed E-state index contributed by atoms with van der Waals surface area (Å²) in [6.45, 7) is 0.716. The Bertz CT molecular complexity index is 1020. The van der Waals surface area contributed by atoms with Crippen molar-refractivity contribution in [2.45, 2.75) is 19.1 Å². The number of carbonyl (C=O) groups is 1. The summed E-state index contributed by atoms with van der Waals surface area (Å²) in [6, 6.07) is 26.3. The van der Waals surface area contributed by atoms with Crippen molar-refractivity contribution in [2.75, 3.05) is 18.5 Å². The molecule has 1 atom stereocenters. The number of hydrogen-bond donors (Lipinski definition) is 1. The van der Waals surface area contributed by atoms with Crippen molar-refractivity contribution in [3.05, 3.63) is 102 Å². The number of para-hydroxylation sites is 1. The Morgan fingerprint density at radius 1 is 0.871 bits per heavy atom. The summed E-state index contributed by atoms with van der Waals surface area (Å²) >= 11 is 1.14. The molecule has 7 heteroatoms. The van der Waals surface area contributed by atoms with Crippen molar-refractivity contribution >= 4 is 29.8 Å². The number of hydrogen-bond acceptors (Lipinski definition) is 5. The van der Waals surface area contributed by atoms with Gasteiger partial charge in [-0.15, -0.1) is 0 Å². The molecule has 1 amide bonds. The lowest BCUT2D eigenvalue weighted by Crippen LogP contribution is -2.14. The van der Waals surface area contributed by atoms with Crippen LogP contribution in [0.4, 0.5) is 5.69 Å². The minimum atomic E-state index is -3.41. The van der Waals surface area contributed by atoms with E-state index in [1.807, 2.05) is 72.8 Å². The average Bonchev–Trinajstić information content (AvgIpc) is 2.79. The van der Waals surface area contributed by atoms with Crippen LogP contribution in [-0.2, 0) is 13.6 Å². The first kappa shape index (κ1) is 23.3. The largest absolute Gasteiger partial charge is 0.390 e. The summed E-state index contributed by atoms with van der Waals surface area (Å²) in [4.78, 5) is 12.8. The van der Waals surface area contributed by atoms with Gasteiger partial charge < -0.3 is 14.4 Å². The minimum Gasteiger partial charge on any atom is -0.322 e. The summed E-state index contributed by atoms with van der Waals surface area (Å²) in [5.41, 5.74) is 2.98. The molecule has 0 saturated heterocycles. The smallest absolute Gasteiger partial charge is 0.322 e. The summed E-state index contributed by atoms with van der Waals surface area (Å²) in [6.07, 6.45) is 0. The molecule has 5 nitrogen and oxygen atoms in total. The van der Waals surface area contributed by atoms with E-state index in [0.717, 1.165) is 22.5 Å². The summed E-state index contributed by atoms with van der Waals surface area (Å²) in [5, 5.41) is 2.64. The van der Waals surface area contributed by atoms with Gasteiger partial charge in [0.25, 0.3) is 5.91 Å². The van der Waals surface area contributed by atoms with Crippen molar-refractivity contribution in [3.8, 4) is 0 Å². The van der Waals surface area contributed by atoms with E-state index < -0.39 is 6.80 Å². The van der Waals surface area contributed by atoms with Crippen molar-refractivity contribution in [1.82, 2.24) is 0 Å². The van der Waals surface area contributed by atoms with Crippen LogP contribution in [0, 0.1) is 0 Å². The molecule has 3 aromatic carbocycles. The van der Waals surface area contributed by atoms with Crippen LogP contribution >= 0.6 is 18.2 Å². The second kappa shape index (κ2) is 11.3. The highest BCUT2D eigenvalue weighted by atomic mass is 32.7. The molecule has 0 aliphatic carbocycles. The lowest BCUT2D eigenvalue weighted by atomic mass is 10.0. The average molecular weight is 456 g/mol. The number of benzene rings is 3. The van der Waals surface area contributed by atoms with E-state index >= 15 is 0 Å². The van der Waals surface area contributed by atoms with E-state index in [1.54, 1.807) is 26.0 Å². The molecule has 0 fully saturated rings. The van der Waals surface area contributed by atoms with Gasteiger partial charge in [0.05, 0.1) is 18.5 Å². The molecule has 0 aromatic heterocycles. The van der Waals surface area contributed by atoms with Crippen LogP contribution in [0.5, 0.6) is 0 Å². The molecule has 1 N–H and O–H groups in total. The first-order chi connectivity index (χ1) is 15.1. The molecule has 0 spiro atoms. The Morgan fingerprint density at radius 3 is 2.03 bits per heavy atom. The molecule has 1 unspecified atom stereocenters. The van der Waals surface area contributed by atoms with Gasteiger partial charge in [0.2, 0.25) is 0 Å². The molecular weight excluding hydrogens is 429 g/mol. The first-order valence-corrected chi connectivity index (χ1v) is 13.2. The van der Waals surface area contributed by atoms with Crippen molar-refractivity contribution in [1.29, 1.82) is 0 Å². The first-order valence-electron chi connectivity index (χ1n) is 10.1. The summed E-state index contributed by atoms with van der Waals surface area (Å²) < 4.78 is 24.4. The highest BCUT2D eigenvalue weighted by Gasteiger charge is 2.32. The van der Waals surface area contributed by atoms with Crippen LogP contribution < -0.4 is 5.32 Å². The van der Waals surface area contributed by atoms with Crippen molar-refractivity contribution in [3.63, 3.8) is 0 Å². The molecule has 3 rings (SSSR count). The van der Waals surface area contributed by atoms with E-state index in [2.05, 4.69) is 5.32 Å². The third-order valence-electron chi connectivity index (χ3n) is 4.44. The molecular formula is C24H26NO4PS. The second-order valence-electron chi connectivity index (χ2n) is 6.59. The number of carbonyl (C=O) groups excluding carboxylic acids is 1. The molecule has 31 heavy (non-hydrogen) atoms. The van der Waals surface area contributed by atoms with Crippen LogP contribution in [0.25, 0.3) is 0 Å².